The number of esters is 1. The number of ether oxygens (including phenoxy) is 2. The molecule has 5 rings (SSSR count). The standard InChI is InChI=1S/C22H23N3O3/c1-24-15-10-17(11-16(24)14-27-13-15)28-22(26)19-12-25(21-8-4-5-9-23-21)20-7-3-2-6-18(19)20/h2-9,12,15-17H,10-11,13-14H2,1H3/t15-,16+,17?/i1D3. The van der Waals surface area contributed by atoms with Gasteiger partial charge in [0.1, 0.15) is 11.9 Å². The summed E-state index contributed by atoms with van der Waals surface area (Å²) in [6.07, 6.45) is 4.01. The van der Waals surface area contributed by atoms with Crippen molar-refractivity contribution >= 4 is 16.9 Å². The van der Waals surface area contributed by atoms with Crippen molar-refractivity contribution in [1.29, 1.82) is 0 Å². The number of benzene rings is 1. The van der Waals surface area contributed by atoms with Crippen LogP contribution in [-0.4, -0.2) is 58.8 Å². The largest absolute Gasteiger partial charge is 0.459 e. The average Bonchev–Trinajstić information content (AvgIpc) is 3.13. The highest BCUT2D eigenvalue weighted by atomic mass is 16.5. The van der Waals surface area contributed by atoms with Gasteiger partial charge < -0.3 is 14.0 Å². The lowest BCUT2D eigenvalue weighted by molar-refractivity contribution is -0.0970. The van der Waals surface area contributed by atoms with E-state index in [2.05, 4.69) is 4.98 Å². The Labute approximate surface area is 167 Å². The number of hydrogen-bond donors (Lipinski definition) is 0. The lowest BCUT2D eigenvalue weighted by Gasteiger charge is -2.46. The van der Waals surface area contributed by atoms with Crippen molar-refractivity contribution in [3.8, 4) is 5.82 Å². The number of morpholine rings is 1. The molecule has 0 aliphatic carbocycles. The zero-order valence-corrected chi connectivity index (χ0v) is 15.3. The van der Waals surface area contributed by atoms with Crippen LogP contribution in [0, 0.1) is 0 Å². The third kappa shape index (κ3) is 2.99. The molecule has 0 N–H and O–H groups in total. The van der Waals surface area contributed by atoms with Crippen LogP contribution in [0.25, 0.3) is 16.7 Å². The van der Waals surface area contributed by atoms with E-state index in [1.54, 1.807) is 17.3 Å². The van der Waals surface area contributed by atoms with Crippen molar-refractivity contribution < 1.29 is 18.4 Å². The molecule has 144 valence electrons. The molecular formula is C22H23N3O3. The molecule has 3 atom stereocenters. The summed E-state index contributed by atoms with van der Waals surface area (Å²) in [7, 11) is 0. The van der Waals surface area contributed by atoms with Gasteiger partial charge in [-0.1, -0.05) is 24.3 Å². The molecule has 0 radical (unpaired) electrons. The van der Waals surface area contributed by atoms with Crippen LogP contribution in [0.1, 0.15) is 27.3 Å². The van der Waals surface area contributed by atoms with Gasteiger partial charge in [-0.2, -0.15) is 0 Å². The number of fused-ring (bicyclic) bond motifs is 3. The van der Waals surface area contributed by atoms with Crippen LogP contribution in [-0.2, 0) is 9.47 Å². The van der Waals surface area contributed by atoms with Crippen LogP contribution in [0.15, 0.2) is 54.9 Å². The third-order valence-corrected chi connectivity index (χ3v) is 5.58. The zero-order chi connectivity index (χ0) is 21.6. The lowest BCUT2D eigenvalue weighted by Crippen LogP contribution is -2.56. The summed E-state index contributed by atoms with van der Waals surface area (Å²) in [4.78, 5) is 19.1. The molecule has 2 aliphatic heterocycles. The van der Waals surface area contributed by atoms with Crippen LogP contribution >= 0.6 is 0 Å². The van der Waals surface area contributed by atoms with Crippen LogP contribution < -0.4 is 0 Å². The molecule has 0 saturated carbocycles. The number of carbonyl (C=O) groups is 1. The van der Waals surface area contributed by atoms with Crippen molar-refractivity contribution in [3.05, 3.63) is 60.4 Å². The molecule has 6 heteroatoms. The minimum Gasteiger partial charge on any atom is -0.459 e. The monoisotopic (exact) mass is 380 g/mol. The molecule has 4 heterocycles. The number of para-hydroxylation sites is 1. The Hall–Kier alpha value is -2.70. The van der Waals surface area contributed by atoms with Crippen LogP contribution in [0.4, 0.5) is 0 Å². The molecule has 2 aromatic heterocycles. The summed E-state index contributed by atoms with van der Waals surface area (Å²) >= 11 is 0. The van der Waals surface area contributed by atoms with Gasteiger partial charge in [0.15, 0.2) is 0 Å². The first-order valence-corrected chi connectivity index (χ1v) is 9.50. The third-order valence-electron chi connectivity index (χ3n) is 5.58. The van der Waals surface area contributed by atoms with Crippen LogP contribution in [0.2, 0.25) is 0 Å². The van der Waals surface area contributed by atoms with Gasteiger partial charge >= 0.3 is 5.97 Å². The Balaban J connectivity index is 1.41. The van der Waals surface area contributed by atoms with E-state index in [0.29, 0.717) is 31.6 Å². The second-order valence-corrected chi connectivity index (χ2v) is 7.37. The summed E-state index contributed by atoms with van der Waals surface area (Å²) in [5.41, 5.74) is 1.34. The molecule has 3 aromatic rings. The van der Waals surface area contributed by atoms with Gasteiger partial charge in [0.25, 0.3) is 0 Å². The van der Waals surface area contributed by atoms with E-state index in [0.717, 1.165) is 16.7 Å². The minimum atomic E-state index is -2.18. The number of carbonyl (C=O) groups excluding carboxylic acids is 1. The van der Waals surface area contributed by atoms with Crippen molar-refractivity contribution in [2.24, 2.45) is 0 Å². The lowest BCUT2D eigenvalue weighted by atomic mass is 9.92. The number of piperidine rings is 1. The fourth-order valence-corrected chi connectivity index (χ4v) is 4.20. The molecule has 2 fully saturated rings. The molecule has 2 aliphatic rings. The topological polar surface area (TPSA) is 56.6 Å². The summed E-state index contributed by atoms with van der Waals surface area (Å²) in [6.45, 7) is -1.51. The Morgan fingerprint density at radius 3 is 2.71 bits per heavy atom. The van der Waals surface area contributed by atoms with Gasteiger partial charge in [0.2, 0.25) is 0 Å². The molecule has 2 saturated heterocycles. The molecule has 0 spiro atoms. The van der Waals surface area contributed by atoms with Crippen molar-refractivity contribution in [3.63, 3.8) is 0 Å². The van der Waals surface area contributed by atoms with Gasteiger partial charge in [0.05, 0.1) is 24.3 Å². The van der Waals surface area contributed by atoms with Crippen molar-refractivity contribution in [2.45, 2.75) is 31.0 Å². The maximum absolute atomic E-state index is 13.2. The maximum atomic E-state index is 13.2. The molecule has 1 unspecified atom stereocenters. The summed E-state index contributed by atoms with van der Waals surface area (Å²) in [6, 6.07) is 12.7. The number of hydrogen-bond acceptors (Lipinski definition) is 5. The van der Waals surface area contributed by atoms with Crippen molar-refractivity contribution in [2.75, 3.05) is 20.2 Å². The van der Waals surface area contributed by atoms with Gasteiger partial charge in [-0.05, 0) is 25.2 Å². The molecular weight excluding hydrogens is 354 g/mol. The molecule has 0 amide bonds. The Morgan fingerprint density at radius 2 is 1.96 bits per heavy atom. The fraction of sp³-hybridized carbons (Fsp3) is 0.364. The summed E-state index contributed by atoms with van der Waals surface area (Å²) in [5, 5.41) is 0.793. The van der Waals surface area contributed by atoms with Gasteiger partial charge in [0, 0.05) is 46.8 Å². The van der Waals surface area contributed by atoms with Crippen LogP contribution in [0.3, 0.4) is 0 Å². The van der Waals surface area contributed by atoms with Crippen LogP contribution in [0.5, 0.6) is 0 Å². The summed E-state index contributed by atoms with van der Waals surface area (Å²) < 4.78 is 36.8. The van der Waals surface area contributed by atoms with E-state index in [1.807, 2.05) is 47.0 Å². The smallest absolute Gasteiger partial charge is 0.340 e. The van der Waals surface area contributed by atoms with Gasteiger partial charge in [-0.25, -0.2) is 9.78 Å². The predicted molar refractivity (Wildman–Crippen MR) is 106 cm³/mol. The minimum absolute atomic E-state index is 0.285. The van der Waals surface area contributed by atoms with Crippen molar-refractivity contribution in [1.82, 2.24) is 14.5 Å². The highest BCUT2D eigenvalue weighted by molar-refractivity contribution is 6.04. The number of nitrogens with zero attached hydrogens (tertiary/aromatic N) is 3. The van der Waals surface area contributed by atoms with Gasteiger partial charge in [-0.3, -0.25) is 4.90 Å². The Bertz CT molecular complexity index is 1090. The second-order valence-electron chi connectivity index (χ2n) is 7.37. The van der Waals surface area contributed by atoms with E-state index < -0.39 is 12.9 Å². The second kappa shape index (κ2) is 7.04. The van der Waals surface area contributed by atoms with E-state index >= 15 is 0 Å². The average molecular weight is 380 g/mol. The van der Waals surface area contributed by atoms with E-state index in [-0.39, 0.29) is 18.2 Å². The highest BCUT2D eigenvalue weighted by Crippen LogP contribution is 2.30. The fourth-order valence-electron chi connectivity index (χ4n) is 4.20. The first-order chi connectivity index (χ1) is 14.9. The van der Waals surface area contributed by atoms with Gasteiger partial charge in [-0.15, -0.1) is 0 Å². The molecule has 1 aromatic carbocycles. The number of rotatable bonds is 3. The predicted octanol–water partition coefficient (Wildman–Crippen LogP) is 3.04. The molecule has 2 bridgehead atoms. The molecule has 6 nitrogen and oxygen atoms in total. The number of pyridine rings is 1. The summed E-state index contributed by atoms with van der Waals surface area (Å²) in [5.74, 6) is 0.313. The first kappa shape index (κ1) is 14.3. The van der Waals surface area contributed by atoms with E-state index in [4.69, 9.17) is 13.6 Å². The van der Waals surface area contributed by atoms with E-state index in [9.17, 15) is 4.79 Å². The first-order valence-electron chi connectivity index (χ1n) is 11.0. The Kier molecular flexibility index (Phi) is 3.60. The highest BCUT2D eigenvalue weighted by Gasteiger charge is 2.38. The van der Waals surface area contributed by atoms with E-state index in [1.165, 1.54) is 0 Å². The maximum Gasteiger partial charge on any atom is 0.340 e. The normalized spacial score (nSPS) is 27.0. The number of aromatic nitrogens is 2. The Morgan fingerprint density at radius 1 is 1.18 bits per heavy atom. The molecule has 28 heavy (non-hydrogen) atoms. The number of likely N-dealkylation sites (N-methyl/N-ethyl adjacent to an activating group) is 1. The SMILES string of the molecule is [2H]C([2H])([2H])N1[C@@H]2COC[C@H]1CC(OC(=O)c1cn(-c3ccccn3)c3ccccc13)C2. The zero-order valence-electron chi connectivity index (χ0n) is 18.3. The quantitative estimate of drug-likeness (QED) is 0.654.